The van der Waals surface area contributed by atoms with E-state index in [1.165, 1.54) is 29.2 Å². The molecule has 0 spiro atoms. The second kappa shape index (κ2) is 4.40. The van der Waals surface area contributed by atoms with Crippen molar-refractivity contribution in [1.82, 2.24) is 4.90 Å². The van der Waals surface area contributed by atoms with Crippen LogP contribution in [-0.2, 0) is 4.79 Å². The minimum atomic E-state index is -1.16. The number of hydrogen-bond donors (Lipinski definition) is 1. The highest BCUT2D eigenvalue weighted by molar-refractivity contribution is 5.98. The van der Waals surface area contributed by atoms with Crippen molar-refractivity contribution < 1.29 is 19.1 Å². The van der Waals surface area contributed by atoms with Crippen LogP contribution < -0.4 is 0 Å². The van der Waals surface area contributed by atoms with Crippen LogP contribution in [-0.4, -0.2) is 34.0 Å². The number of amides is 1. The van der Waals surface area contributed by atoms with Crippen molar-refractivity contribution in [3.8, 4) is 0 Å². The molecule has 1 unspecified atom stereocenters. The van der Waals surface area contributed by atoms with E-state index in [4.69, 9.17) is 0 Å². The molecule has 2 rings (SSSR count). The van der Waals surface area contributed by atoms with Crippen LogP contribution >= 0.6 is 0 Å². The van der Waals surface area contributed by atoms with Crippen LogP contribution in [0.4, 0.5) is 4.39 Å². The summed E-state index contributed by atoms with van der Waals surface area (Å²) in [5.41, 5.74) is -0.850. The summed E-state index contributed by atoms with van der Waals surface area (Å²) in [5, 5.41) is 9.23. The van der Waals surface area contributed by atoms with Gasteiger partial charge in [-0.05, 0) is 44.0 Å². The van der Waals surface area contributed by atoms with E-state index < -0.39 is 17.3 Å². The predicted octanol–water partition coefficient (Wildman–Crippen LogP) is 1.91. The van der Waals surface area contributed by atoms with Gasteiger partial charge >= 0.3 is 5.97 Å². The van der Waals surface area contributed by atoms with E-state index in [1.807, 2.05) is 0 Å². The summed E-state index contributed by atoms with van der Waals surface area (Å²) in [4.78, 5) is 24.8. The number of halogens is 1. The van der Waals surface area contributed by atoms with E-state index in [-0.39, 0.29) is 5.91 Å². The lowest BCUT2D eigenvalue weighted by Gasteiger charge is -2.31. The van der Waals surface area contributed by atoms with Crippen LogP contribution in [0.25, 0.3) is 0 Å². The molecule has 0 bridgehead atoms. The Hall–Kier alpha value is -1.91. The Kier molecular flexibility index (Phi) is 3.07. The number of carbonyl (C=O) groups excluding carboxylic acids is 1. The molecule has 1 N–H and O–H groups in total. The Morgan fingerprint density at radius 3 is 2.50 bits per heavy atom. The molecule has 96 valence electrons. The maximum absolute atomic E-state index is 12.8. The molecule has 1 aliphatic rings. The predicted molar refractivity (Wildman–Crippen MR) is 62.7 cm³/mol. The molecule has 0 aromatic heterocycles. The highest BCUT2D eigenvalue weighted by Gasteiger charge is 2.46. The molecule has 0 radical (unpaired) electrons. The Morgan fingerprint density at radius 2 is 1.94 bits per heavy atom. The third kappa shape index (κ3) is 1.96. The van der Waals surface area contributed by atoms with Crippen LogP contribution in [0.1, 0.15) is 30.1 Å². The number of carbonyl (C=O) groups is 2. The van der Waals surface area contributed by atoms with E-state index in [0.29, 0.717) is 24.9 Å². The van der Waals surface area contributed by atoms with E-state index in [0.717, 1.165) is 0 Å². The van der Waals surface area contributed by atoms with Crippen molar-refractivity contribution in [2.24, 2.45) is 0 Å². The van der Waals surface area contributed by atoms with Gasteiger partial charge in [-0.1, -0.05) is 0 Å². The van der Waals surface area contributed by atoms with E-state index >= 15 is 0 Å². The monoisotopic (exact) mass is 251 g/mol. The third-order valence-corrected chi connectivity index (χ3v) is 3.44. The van der Waals surface area contributed by atoms with Gasteiger partial charge in [0.2, 0.25) is 0 Å². The Balaban J connectivity index is 2.28. The number of carboxylic acids is 1. The first kappa shape index (κ1) is 12.5. The van der Waals surface area contributed by atoms with Gasteiger partial charge in [0.25, 0.3) is 5.91 Å². The number of aliphatic carboxylic acids is 1. The van der Waals surface area contributed by atoms with Crippen LogP contribution in [0.5, 0.6) is 0 Å². The molecule has 1 heterocycles. The Labute approximate surface area is 104 Å². The van der Waals surface area contributed by atoms with Gasteiger partial charge in [-0.25, -0.2) is 9.18 Å². The van der Waals surface area contributed by atoms with Crippen molar-refractivity contribution in [1.29, 1.82) is 0 Å². The SMILES string of the molecule is CC1(C(=O)O)CCCN1C(=O)c1ccc(F)cc1. The van der Waals surface area contributed by atoms with Gasteiger partial charge in [0.1, 0.15) is 11.4 Å². The fourth-order valence-electron chi connectivity index (χ4n) is 2.26. The lowest BCUT2D eigenvalue weighted by atomic mass is 9.98. The van der Waals surface area contributed by atoms with Crippen molar-refractivity contribution in [2.75, 3.05) is 6.54 Å². The molecule has 18 heavy (non-hydrogen) atoms. The van der Waals surface area contributed by atoms with Crippen molar-refractivity contribution >= 4 is 11.9 Å². The molecule has 1 atom stereocenters. The fourth-order valence-corrected chi connectivity index (χ4v) is 2.26. The van der Waals surface area contributed by atoms with Crippen LogP contribution in [0.3, 0.4) is 0 Å². The molecule has 0 aliphatic carbocycles. The quantitative estimate of drug-likeness (QED) is 0.873. The lowest BCUT2D eigenvalue weighted by molar-refractivity contribution is -0.147. The van der Waals surface area contributed by atoms with Gasteiger partial charge in [0, 0.05) is 12.1 Å². The normalized spacial score (nSPS) is 23.1. The summed E-state index contributed by atoms with van der Waals surface area (Å²) in [6.07, 6.45) is 1.10. The van der Waals surface area contributed by atoms with E-state index in [1.54, 1.807) is 6.92 Å². The molecule has 1 aliphatic heterocycles. The van der Waals surface area contributed by atoms with Crippen LogP contribution in [0.2, 0.25) is 0 Å². The largest absolute Gasteiger partial charge is 0.480 e. The minimum absolute atomic E-state index is 0.311. The molecule has 1 saturated heterocycles. The second-order valence-electron chi connectivity index (χ2n) is 4.65. The number of nitrogens with zero attached hydrogens (tertiary/aromatic N) is 1. The van der Waals surface area contributed by atoms with Crippen molar-refractivity contribution in [2.45, 2.75) is 25.3 Å². The second-order valence-corrected chi connectivity index (χ2v) is 4.65. The molecule has 1 aromatic rings. The van der Waals surface area contributed by atoms with Gasteiger partial charge in [0.05, 0.1) is 0 Å². The summed E-state index contributed by atoms with van der Waals surface area (Å²) in [5.74, 6) is -1.79. The number of rotatable bonds is 2. The third-order valence-electron chi connectivity index (χ3n) is 3.44. The summed E-state index contributed by atoms with van der Waals surface area (Å²) in [6.45, 7) is 1.96. The Bertz CT molecular complexity index is 486. The summed E-state index contributed by atoms with van der Waals surface area (Å²) in [7, 11) is 0. The maximum Gasteiger partial charge on any atom is 0.329 e. The molecular weight excluding hydrogens is 237 g/mol. The average Bonchev–Trinajstić information content (AvgIpc) is 2.73. The van der Waals surface area contributed by atoms with Crippen LogP contribution in [0, 0.1) is 5.82 Å². The van der Waals surface area contributed by atoms with E-state index in [9.17, 15) is 19.1 Å². The molecular formula is C13H14FNO3. The summed E-state index contributed by atoms with van der Waals surface area (Å²) < 4.78 is 12.8. The fraction of sp³-hybridized carbons (Fsp3) is 0.385. The first-order chi connectivity index (χ1) is 8.45. The van der Waals surface area contributed by atoms with Crippen LogP contribution in [0.15, 0.2) is 24.3 Å². The highest BCUT2D eigenvalue weighted by atomic mass is 19.1. The molecule has 0 saturated carbocycles. The zero-order chi connectivity index (χ0) is 13.3. The summed E-state index contributed by atoms with van der Waals surface area (Å²) in [6, 6.07) is 5.14. The lowest BCUT2D eigenvalue weighted by Crippen LogP contribution is -2.50. The molecule has 4 nitrogen and oxygen atoms in total. The minimum Gasteiger partial charge on any atom is -0.480 e. The average molecular weight is 251 g/mol. The summed E-state index contributed by atoms with van der Waals surface area (Å²) >= 11 is 0. The standard InChI is InChI=1S/C13H14FNO3/c1-13(12(17)18)7-2-8-15(13)11(16)9-3-5-10(14)6-4-9/h3-6H,2,7-8H2,1H3,(H,17,18). The van der Waals surface area contributed by atoms with Crippen molar-refractivity contribution in [3.05, 3.63) is 35.6 Å². The first-order valence-electron chi connectivity index (χ1n) is 5.76. The van der Waals surface area contributed by atoms with Gasteiger partial charge in [-0.2, -0.15) is 0 Å². The molecule has 1 amide bonds. The number of likely N-dealkylation sites (tertiary alicyclic amines) is 1. The van der Waals surface area contributed by atoms with Gasteiger partial charge < -0.3 is 10.0 Å². The van der Waals surface area contributed by atoms with Gasteiger partial charge in [-0.15, -0.1) is 0 Å². The highest BCUT2D eigenvalue weighted by Crippen LogP contribution is 2.30. The molecule has 1 fully saturated rings. The Morgan fingerprint density at radius 1 is 1.33 bits per heavy atom. The topological polar surface area (TPSA) is 57.6 Å². The van der Waals surface area contributed by atoms with E-state index in [2.05, 4.69) is 0 Å². The number of carboxylic acid groups (broad SMARTS) is 1. The van der Waals surface area contributed by atoms with Gasteiger partial charge in [0.15, 0.2) is 0 Å². The van der Waals surface area contributed by atoms with Gasteiger partial charge in [-0.3, -0.25) is 4.79 Å². The number of hydrogen-bond acceptors (Lipinski definition) is 2. The first-order valence-corrected chi connectivity index (χ1v) is 5.76. The molecule has 1 aromatic carbocycles. The molecule has 5 heteroatoms. The number of benzene rings is 1. The zero-order valence-electron chi connectivity index (χ0n) is 10.0. The van der Waals surface area contributed by atoms with Crippen molar-refractivity contribution in [3.63, 3.8) is 0 Å². The maximum atomic E-state index is 12.8. The zero-order valence-corrected chi connectivity index (χ0v) is 10.0. The smallest absolute Gasteiger partial charge is 0.329 e.